The van der Waals surface area contributed by atoms with Crippen LogP contribution in [0.3, 0.4) is 0 Å². The summed E-state index contributed by atoms with van der Waals surface area (Å²) in [6.07, 6.45) is 6.24. The number of ether oxygens (including phenoxy) is 4. The molecule has 7 nitrogen and oxygen atoms in total. The topological polar surface area (TPSA) is 83.1 Å². The molecule has 1 aromatic rings. The highest BCUT2D eigenvalue weighted by molar-refractivity contribution is 5.85. The SMILES string of the molecule is C/C=C/C=C/C(=O)OCC(=O)NCc1cc(OC)c(OC)c(OC)c1. The molecular weight excluding hydrogens is 326 g/mol. The van der Waals surface area contributed by atoms with Crippen molar-refractivity contribution in [3.63, 3.8) is 0 Å². The van der Waals surface area contributed by atoms with Crippen LogP contribution in [0, 0.1) is 0 Å². The van der Waals surface area contributed by atoms with Crippen LogP contribution in [0.4, 0.5) is 0 Å². The van der Waals surface area contributed by atoms with Gasteiger partial charge in [-0.15, -0.1) is 0 Å². The minimum absolute atomic E-state index is 0.224. The third-order valence-electron chi connectivity index (χ3n) is 3.10. The highest BCUT2D eigenvalue weighted by Gasteiger charge is 2.13. The monoisotopic (exact) mass is 349 g/mol. The number of nitrogens with one attached hydrogen (secondary N) is 1. The zero-order valence-electron chi connectivity index (χ0n) is 14.8. The van der Waals surface area contributed by atoms with Crippen LogP contribution in [0.1, 0.15) is 12.5 Å². The van der Waals surface area contributed by atoms with E-state index in [-0.39, 0.29) is 13.2 Å². The van der Waals surface area contributed by atoms with Crippen LogP contribution >= 0.6 is 0 Å². The maximum atomic E-state index is 11.8. The van der Waals surface area contributed by atoms with E-state index in [1.165, 1.54) is 33.5 Å². The molecule has 0 saturated carbocycles. The highest BCUT2D eigenvalue weighted by Crippen LogP contribution is 2.38. The van der Waals surface area contributed by atoms with E-state index in [0.717, 1.165) is 5.56 Å². The third-order valence-corrected chi connectivity index (χ3v) is 3.10. The minimum atomic E-state index is -0.582. The van der Waals surface area contributed by atoms with E-state index in [1.807, 2.05) is 6.92 Å². The fourth-order valence-corrected chi connectivity index (χ4v) is 1.92. The molecule has 1 amide bonds. The van der Waals surface area contributed by atoms with E-state index < -0.39 is 11.9 Å². The number of hydrogen-bond acceptors (Lipinski definition) is 6. The standard InChI is InChI=1S/C18H23NO6/c1-5-6-7-8-17(21)25-12-16(20)19-11-13-9-14(22-2)18(24-4)15(10-13)23-3/h5-10H,11-12H2,1-4H3,(H,19,20)/b6-5+,8-7+. The minimum Gasteiger partial charge on any atom is -0.493 e. The lowest BCUT2D eigenvalue weighted by molar-refractivity contribution is -0.143. The van der Waals surface area contributed by atoms with Gasteiger partial charge in [-0.05, 0) is 24.6 Å². The molecule has 0 fully saturated rings. The molecule has 0 saturated heterocycles. The Hall–Kier alpha value is -2.96. The zero-order chi connectivity index (χ0) is 18.7. The number of methoxy groups -OCH3 is 3. The van der Waals surface area contributed by atoms with E-state index in [2.05, 4.69) is 5.32 Å². The Morgan fingerprint density at radius 2 is 1.68 bits per heavy atom. The Labute approximate surface area is 147 Å². The number of carbonyl (C=O) groups excluding carboxylic acids is 2. The van der Waals surface area contributed by atoms with Crippen LogP contribution < -0.4 is 19.5 Å². The van der Waals surface area contributed by atoms with Crippen molar-refractivity contribution in [1.82, 2.24) is 5.32 Å². The van der Waals surface area contributed by atoms with Gasteiger partial charge in [0.25, 0.3) is 5.91 Å². The van der Waals surface area contributed by atoms with Crippen molar-refractivity contribution >= 4 is 11.9 Å². The maximum Gasteiger partial charge on any atom is 0.331 e. The molecule has 136 valence electrons. The van der Waals surface area contributed by atoms with Crippen molar-refractivity contribution in [2.24, 2.45) is 0 Å². The first-order valence-corrected chi connectivity index (χ1v) is 7.57. The van der Waals surface area contributed by atoms with Gasteiger partial charge in [0.05, 0.1) is 21.3 Å². The van der Waals surface area contributed by atoms with Gasteiger partial charge in [-0.3, -0.25) is 4.79 Å². The van der Waals surface area contributed by atoms with Gasteiger partial charge in [-0.1, -0.05) is 18.2 Å². The Morgan fingerprint density at radius 3 is 2.20 bits per heavy atom. The van der Waals surface area contributed by atoms with Gasteiger partial charge in [-0.2, -0.15) is 0 Å². The molecule has 0 heterocycles. The Morgan fingerprint density at radius 1 is 1.04 bits per heavy atom. The predicted molar refractivity (Wildman–Crippen MR) is 92.9 cm³/mol. The molecule has 25 heavy (non-hydrogen) atoms. The molecule has 0 aromatic heterocycles. The van der Waals surface area contributed by atoms with Crippen LogP contribution in [-0.2, 0) is 20.9 Å². The molecule has 0 aliphatic rings. The molecule has 0 spiro atoms. The fourth-order valence-electron chi connectivity index (χ4n) is 1.92. The van der Waals surface area contributed by atoms with E-state index in [0.29, 0.717) is 17.2 Å². The van der Waals surface area contributed by atoms with Crippen LogP contribution in [0.5, 0.6) is 17.2 Å². The first-order chi connectivity index (χ1) is 12.0. The summed E-state index contributed by atoms with van der Waals surface area (Å²) < 4.78 is 20.6. The number of amides is 1. The molecular formula is C18H23NO6. The van der Waals surface area contributed by atoms with Crippen LogP contribution in [0.25, 0.3) is 0 Å². The zero-order valence-corrected chi connectivity index (χ0v) is 14.8. The second-order valence-electron chi connectivity index (χ2n) is 4.80. The molecule has 0 unspecified atom stereocenters. The summed E-state index contributed by atoms with van der Waals surface area (Å²) in [4.78, 5) is 23.1. The first-order valence-electron chi connectivity index (χ1n) is 7.57. The second kappa shape index (κ2) is 10.7. The lowest BCUT2D eigenvalue weighted by Crippen LogP contribution is -2.28. The molecule has 0 radical (unpaired) electrons. The average molecular weight is 349 g/mol. The molecule has 0 aliphatic carbocycles. The van der Waals surface area contributed by atoms with Crippen molar-refractivity contribution in [1.29, 1.82) is 0 Å². The lowest BCUT2D eigenvalue weighted by Gasteiger charge is -2.14. The number of hydrogen-bond donors (Lipinski definition) is 1. The summed E-state index contributed by atoms with van der Waals surface area (Å²) in [6, 6.07) is 3.46. The van der Waals surface area contributed by atoms with Gasteiger partial charge < -0.3 is 24.3 Å². The smallest absolute Gasteiger partial charge is 0.331 e. The average Bonchev–Trinajstić information content (AvgIpc) is 2.63. The molecule has 1 rings (SSSR count). The Bertz CT molecular complexity index is 626. The molecule has 0 aliphatic heterocycles. The number of benzene rings is 1. The van der Waals surface area contributed by atoms with Crippen molar-refractivity contribution in [2.45, 2.75) is 13.5 Å². The summed E-state index contributed by atoms with van der Waals surface area (Å²) in [7, 11) is 4.54. The van der Waals surface area contributed by atoms with Gasteiger partial charge in [0.2, 0.25) is 5.75 Å². The number of esters is 1. The van der Waals surface area contributed by atoms with Crippen molar-refractivity contribution in [3.8, 4) is 17.2 Å². The van der Waals surface area contributed by atoms with Gasteiger partial charge in [0.1, 0.15) is 0 Å². The summed E-state index contributed by atoms with van der Waals surface area (Å²) in [5.41, 5.74) is 0.752. The van der Waals surface area contributed by atoms with Crippen LogP contribution in [-0.4, -0.2) is 39.8 Å². The Balaban J connectivity index is 2.60. The van der Waals surface area contributed by atoms with Crippen molar-refractivity contribution in [3.05, 3.63) is 42.0 Å². The van der Waals surface area contributed by atoms with Crippen molar-refractivity contribution in [2.75, 3.05) is 27.9 Å². The van der Waals surface area contributed by atoms with E-state index in [9.17, 15) is 9.59 Å². The van der Waals surface area contributed by atoms with E-state index in [1.54, 1.807) is 24.3 Å². The molecule has 0 bridgehead atoms. The van der Waals surface area contributed by atoms with Gasteiger partial charge in [0.15, 0.2) is 18.1 Å². The van der Waals surface area contributed by atoms with Gasteiger partial charge in [-0.25, -0.2) is 4.79 Å². The Kier molecular flexibility index (Phi) is 8.63. The lowest BCUT2D eigenvalue weighted by atomic mass is 10.1. The second-order valence-corrected chi connectivity index (χ2v) is 4.80. The normalized spacial score (nSPS) is 10.7. The summed E-state index contributed by atoms with van der Waals surface area (Å²) in [5, 5.41) is 2.66. The molecule has 1 N–H and O–H groups in total. The highest BCUT2D eigenvalue weighted by atomic mass is 16.5. The van der Waals surface area contributed by atoms with E-state index >= 15 is 0 Å². The maximum absolute atomic E-state index is 11.8. The van der Waals surface area contributed by atoms with E-state index in [4.69, 9.17) is 18.9 Å². The molecule has 0 atom stereocenters. The fraction of sp³-hybridized carbons (Fsp3) is 0.333. The van der Waals surface area contributed by atoms with Gasteiger partial charge in [0, 0.05) is 12.6 Å². The van der Waals surface area contributed by atoms with Crippen LogP contribution in [0.2, 0.25) is 0 Å². The largest absolute Gasteiger partial charge is 0.493 e. The van der Waals surface area contributed by atoms with Crippen molar-refractivity contribution < 1.29 is 28.5 Å². The first kappa shape index (κ1) is 20.1. The summed E-state index contributed by atoms with van der Waals surface area (Å²) in [6.45, 7) is 1.69. The predicted octanol–water partition coefficient (Wildman–Crippen LogP) is 2.00. The number of carbonyl (C=O) groups is 2. The van der Waals surface area contributed by atoms with Crippen LogP contribution in [0.15, 0.2) is 36.4 Å². The summed E-state index contributed by atoms with van der Waals surface area (Å²) >= 11 is 0. The molecule has 7 heteroatoms. The quantitative estimate of drug-likeness (QED) is 0.417. The number of allylic oxidation sites excluding steroid dienone is 3. The molecule has 1 aromatic carbocycles. The summed E-state index contributed by atoms with van der Waals surface area (Å²) in [5.74, 6) is 0.461. The van der Waals surface area contributed by atoms with Gasteiger partial charge >= 0.3 is 5.97 Å². The number of rotatable bonds is 9. The third kappa shape index (κ3) is 6.58.